The van der Waals surface area contributed by atoms with Crippen molar-refractivity contribution in [2.45, 2.75) is 19.3 Å². The largest absolute Gasteiger partial charge is 0.490 e. The van der Waals surface area contributed by atoms with Crippen LogP contribution in [0.1, 0.15) is 19.3 Å². The molecule has 1 saturated heterocycles. The number of allylic oxidation sites excluding steroid dienone is 2. The van der Waals surface area contributed by atoms with Gasteiger partial charge in [0, 0.05) is 31.3 Å². The first-order valence-electron chi connectivity index (χ1n) is 8.40. The number of fused-ring (bicyclic) bond motifs is 2. The van der Waals surface area contributed by atoms with Gasteiger partial charge in [0.05, 0.1) is 13.2 Å². The number of anilines is 1. The molecule has 5 heteroatoms. The number of carbonyl (C=O) groups is 1. The van der Waals surface area contributed by atoms with Gasteiger partial charge in [0.15, 0.2) is 11.5 Å². The second-order valence-corrected chi connectivity index (χ2v) is 6.51. The molecule has 0 radical (unpaired) electrons. The van der Waals surface area contributed by atoms with Gasteiger partial charge in [0.2, 0.25) is 0 Å². The van der Waals surface area contributed by atoms with Crippen LogP contribution in [0.4, 0.5) is 10.5 Å². The Morgan fingerprint density at radius 1 is 1.04 bits per heavy atom. The predicted molar refractivity (Wildman–Crippen MR) is 88.0 cm³/mol. The molecule has 1 fully saturated rings. The Labute approximate surface area is 136 Å². The molecule has 1 aromatic carbocycles. The second-order valence-electron chi connectivity index (χ2n) is 6.51. The molecule has 0 saturated carbocycles. The lowest BCUT2D eigenvalue weighted by Gasteiger charge is -2.18. The fourth-order valence-corrected chi connectivity index (χ4v) is 3.62. The predicted octanol–water partition coefficient (Wildman–Crippen LogP) is 3.28. The summed E-state index contributed by atoms with van der Waals surface area (Å²) in [7, 11) is 0. The molecule has 0 aromatic heterocycles. The Balaban J connectivity index is 1.42. The Bertz CT molecular complexity index is 613. The summed E-state index contributed by atoms with van der Waals surface area (Å²) in [5, 5.41) is 3.00. The van der Waals surface area contributed by atoms with Gasteiger partial charge in [-0.2, -0.15) is 0 Å². The number of likely N-dealkylation sites (tertiary alicyclic amines) is 1. The van der Waals surface area contributed by atoms with Crippen molar-refractivity contribution in [3.8, 4) is 11.5 Å². The van der Waals surface area contributed by atoms with Crippen molar-refractivity contribution in [2.75, 3.05) is 31.6 Å². The first-order valence-corrected chi connectivity index (χ1v) is 8.40. The van der Waals surface area contributed by atoms with Gasteiger partial charge >= 0.3 is 6.03 Å². The zero-order valence-electron chi connectivity index (χ0n) is 13.2. The number of nitrogens with zero attached hydrogens (tertiary/aromatic N) is 1. The first kappa shape index (κ1) is 14.4. The fraction of sp³-hybridized carbons (Fsp3) is 0.500. The first-order chi connectivity index (χ1) is 11.3. The van der Waals surface area contributed by atoms with E-state index in [4.69, 9.17) is 9.47 Å². The fourth-order valence-electron chi connectivity index (χ4n) is 3.62. The highest BCUT2D eigenvalue weighted by molar-refractivity contribution is 5.90. The van der Waals surface area contributed by atoms with Crippen molar-refractivity contribution in [3.63, 3.8) is 0 Å². The van der Waals surface area contributed by atoms with Crippen molar-refractivity contribution in [1.29, 1.82) is 0 Å². The Morgan fingerprint density at radius 3 is 2.48 bits per heavy atom. The molecule has 0 unspecified atom stereocenters. The maximum Gasteiger partial charge on any atom is 0.321 e. The zero-order valence-corrected chi connectivity index (χ0v) is 13.2. The van der Waals surface area contributed by atoms with Gasteiger partial charge in [-0.3, -0.25) is 0 Å². The van der Waals surface area contributed by atoms with Crippen molar-refractivity contribution in [3.05, 3.63) is 30.4 Å². The summed E-state index contributed by atoms with van der Waals surface area (Å²) in [4.78, 5) is 14.5. The zero-order chi connectivity index (χ0) is 15.6. The van der Waals surface area contributed by atoms with Gasteiger partial charge in [-0.25, -0.2) is 4.79 Å². The van der Waals surface area contributed by atoms with Crippen molar-refractivity contribution in [1.82, 2.24) is 4.90 Å². The number of hydrogen-bond donors (Lipinski definition) is 1. The molecule has 2 atom stereocenters. The molecule has 1 N–H and O–H groups in total. The summed E-state index contributed by atoms with van der Waals surface area (Å²) < 4.78 is 11.3. The van der Waals surface area contributed by atoms with E-state index < -0.39 is 0 Å². The van der Waals surface area contributed by atoms with E-state index in [0.29, 0.717) is 30.8 Å². The van der Waals surface area contributed by atoms with Crippen LogP contribution < -0.4 is 14.8 Å². The van der Waals surface area contributed by atoms with Crippen LogP contribution >= 0.6 is 0 Å². The van der Waals surface area contributed by atoms with Crippen LogP contribution in [0.3, 0.4) is 0 Å². The van der Waals surface area contributed by atoms with E-state index in [-0.39, 0.29) is 6.03 Å². The molecule has 4 rings (SSSR count). The van der Waals surface area contributed by atoms with Crippen LogP contribution in [-0.4, -0.2) is 37.2 Å². The number of hydrogen-bond acceptors (Lipinski definition) is 3. The number of ether oxygens (including phenoxy) is 2. The maximum absolute atomic E-state index is 12.5. The molecule has 0 bridgehead atoms. The van der Waals surface area contributed by atoms with Gasteiger partial charge in [0.25, 0.3) is 0 Å². The van der Waals surface area contributed by atoms with Crippen molar-refractivity contribution < 1.29 is 14.3 Å². The van der Waals surface area contributed by atoms with Crippen LogP contribution in [0, 0.1) is 11.8 Å². The number of amides is 2. The van der Waals surface area contributed by atoms with Crippen molar-refractivity contribution in [2.24, 2.45) is 11.8 Å². The van der Waals surface area contributed by atoms with E-state index in [1.165, 1.54) is 0 Å². The normalized spacial score (nSPS) is 25.7. The third-order valence-corrected chi connectivity index (χ3v) is 4.91. The monoisotopic (exact) mass is 314 g/mol. The van der Waals surface area contributed by atoms with Crippen LogP contribution in [0.25, 0.3) is 0 Å². The Kier molecular flexibility index (Phi) is 3.85. The Hall–Kier alpha value is -2.17. The summed E-state index contributed by atoms with van der Waals surface area (Å²) in [6.07, 6.45) is 7.55. The third kappa shape index (κ3) is 3.00. The molecular formula is C18H22N2O3. The summed E-state index contributed by atoms with van der Waals surface area (Å²) in [5.41, 5.74) is 0.757. The molecule has 2 amide bonds. The average Bonchev–Trinajstić information content (AvgIpc) is 2.87. The second kappa shape index (κ2) is 6.14. The summed E-state index contributed by atoms with van der Waals surface area (Å²) >= 11 is 0. The van der Waals surface area contributed by atoms with E-state index >= 15 is 0 Å². The number of carbonyl (C=O) groups excluding carboxylic acids is 1. The topological polar surface area (TPSA) is 50.8 Å². The molecule has 0 spiro atoms. The lowest BCUT2D eigenvalue weighted by molar-refractivity contribution is 0.220. The molecule has 122 valence electrons. The van der Waals surface area contributed by atoms with E-state index in [9.17, 15) is 4.79 Å². The van der Waals surface area contributed by atoms with E-state index in [1.54, 1.807) is 0 Å². The molecule has 3 aliphatic rings. The molecule has 23 heavy (non-hydrogen) atoms. The molecule has 5 nitrogen and oxygen atoms in total. The number of rotatable bonds is 1. The summed E-state index contributed by atoms with van der Waals surface area (Å²) in [5.74, 6) is 2.70. The van der Waals surface area contributed by atoms with E-state index in [2.05, 4.69) is 17.5 Å². The lowest BCUT2D eigenvalue weighted by Crippen LogP contribution is -2.33. The molecule has 2 heterocycles. The molecule has 1 aliphatic carbocycles. The standard InChI is InChI=1S/C18H22N2O3/c21-18(20-11-13-4-1-2-5-14(13)12-20)19-15-6-7-16-17(10-15)23-9-3-8-22-16/h1-2,6-7,10,13-14H,3-5,8-9,11-12H2,(H,19,21)/t13-,14+. The van der Waals surface area contributed by atoms with Crippen LogP contribution in [0.15, 0.2) is 30.4 Å². The highest BCUT2D eigenvalue weighted by Gasteiger charge is 2.35. The highest BCUT2D eigenvalue weighted by atomic mass is 16.5. The van der Waals surface area contributed by atoms with Gasteiger partial charge in [-0.05, 0) is 36.8 Å². The van der Waals surface area contributed by atoms with Gasteiger partial charge in [-0.15, -0.1) is 0 Å². The average molecular weight is 314 g/mol. The molecule has 1 aromatic rings. The number of nitrogens with one attached hydrogen (secondary N) is 1. The Morgan fingerprint density at radius 2 is 1.74 bits per heavy atom. The van der Waals surface area contributed by atoms with Crippen LogP contribution in [0.2, 0.25) is 0 Å². The van der Waals surface area contributed by atoms with Crippen LogP contribution in [0.5, 0.6) is 11.5 Å². The smallest absolute Gasteiger partial charge is 0.321 e. The molecular weight excluding hydrogens is 292 g/mol. The van der Waals surface area contributed by atoms with Gasteiger partial charge in [-0.1, -0.05) is 12.2 Å². The van der Waals surface area contributed by atoms with Crippen LogP contribution in [-0.2, 0) is 0 Å². The molecule has 2 aliphatic heterocycles. The summed E-state index contributed by atoms with van der Waals surface area (Å²) in [6.45, 7) is 3.02. The third-order valence-electron chi connectivity index (χ3n) is 4.91. The lowest BCUT2D eigenvalue weighted by atomic mass is 9.86. The van der Waals surface area contributed by atoms with E-state index in [0.717, 1.165) is 43.8 Å². The number of benzene rings is 1. The SMILES string of the molecule is O=C(Nc1ccc2c(c1)OCCCO2)N1C[C@H]2CC=CC[C@H]2C1. The van der Waals surface area contributed by atoms with E-state index in [1.807, 2.05) is 23.1 Å². The maximum atomic E-state index is 12.5. The van der Waals surface area contributed by atoms with Gasteiger partial charge in [0.1, 0.15) is 0 Å². The number of urea groups is 1. The quantitative estimate of drug-likeness (QED) is 0.809. The minimum Gasteiger partial charge on any atom is -0.490 e. The summed E-state index contributed by atoms with van der Waals surface area (Å²) in [6, 6.07) is 5.57. The minimum atomic E-state index is -0.0195. The highest BCUT2D eigenvalue weighted by Crippen LogP contribution is 2.34. The van der Waals surface area contributed by atoms with Gasteiger partial charge < -0.3 is 19.7 Å². The minimum absolute atomic E-state index is 0.0195. The van der Waals surface area contributed by atoms with Crippen molar-refractivity contribution >= 4 is 11.7 Å².